The van der Waals surface area contributed by atoms with Crippen molar-refractivity contribution in [1.29, 1.82) is 0 Å². The van der Waals surface area contributed by atoms with Crippen LogP contribution in [-0.4, -0.2) is 46.6 Å². The minimum Gasteiger partial charge on any atom is -0.444 e. The SMILES string of the molecule is C[C@@H](NC(=O)OC(C)(C)C)C(=O)Nc1cnn(C2CCOCC2)c1. The number of rotatable bonds is 4. The first-order chi connectivity index (χ1) is 11.2. The average molecular weight is 338 g/mol. The van der Waals surface area contributed by atoms with Crippen molar-refractivity contribution in [1.82, 2.24) is 15.1 Å². The largest absolute Gasteiger partial charge is 0.444 e. The molecule has 0 bridgehead atoms. The van der Waals surface area contributed by atoms with E-state index in [1.54, 1.807) is 40.1 Å². The molecule has 0 radical (unpaired) electrons. The van der Waals surface area contributed by atoms with E-state index in [1.165, 1.54) is 0 Å². The molecule has 8 heteroatoms. The Balaban J connectivity index is 1.85. The molecule has 2 heterocycles. The van der Waals surface area contributed by atoms with Crippen molar-refractivity contribution in [3.05, 3.63) is 12.4 Å². The lowest BCUT2D eigenvalue weighted by Crippen LogP contribution is -2.43. The van der Waals surface area contributed by atoms with Crippen LogP contribution >= 0.6 is 0 Å². The van der Waals surface area contributed by atoms with Crippen LogP contribution in [0.25, 0.3) is 0 Å². The summed E-state index contributed by atoms with van der Waals surface area (Å²) in [5, 5.41) is 9.55. The fraction of sp³-hybridized carbons (Fsp3) is 0.688. The van der Waals surface area contributed by atoms with Crippen LogP contribution in [0.4, 0.5) is 10.5 Å². The molecule has 0 saturated carbocycles. The van der Waals surface area contributed by atoms with E-state index >= 15 is 0 Å². The molecule has 0 aliphatic carbocycles. The summed E-state index contributed by atoms with van der Waals surface area (Å²) < 4.78 is 12.3. The Labute approximate surface area is 141 Å². The van der Waals surface area contributed by atoms with Crippen molar-refractivity contribution in [3.63, 3.8) is 0 Å². The second-order valence-electron chi connectivity index (χ2n) is 6.91. The number of carbonyl (C=O) groups is 2. The lowest BCUT2D eigenvalue weighted by atomic mass is 10.1. The molecule has 1 fully saturated rings. The number of nitrogens with zero attached hydrogens (tertiary/aromatic N) is 2. The molecule has 0 unspecified atom stereocenters. The molecule has 1 aliphatic rings. The zero-order valence-electron chi connectivity index (χ0n) is 14.7. The lowest BCUT2D eigenvalue weighted by Gasteiger charge is -2.22. The smallest absolute Gasteiger partial charge is 0.408 e. The van der Waals surface area contributed by atoms with Gasteiger partial charge in [-0.3, -0.25) is 9.48 Å². The first-order valence-electron chi connectivity index (χ1n) is 8.17. The topological polar surface area (TPSA) is 94.5 Å². The molecular weight excluding hydrogens is 312 g/mol. The van der Waals surface area contributed by atoms with Crippen LogP contribution in [0.2, 0.25) is 0 Å². The van der Waals surface area contributed by atoms with Crippen molar-refractivity contribution in [2.24, 2.45) is 0 Å². The Kier molecular flexibility index (Phi) is 5.82. The predicted molar refractivity (Wildman–Crippen MR) is 88.8 cm³/mol. The average Bonchev–Trinajstić information content (AvgIpc) is 2.94. The van der Waals surface area contributed by atoms with Crippen molar-refractivity contribution in [2.75, 3.05) is 18.5 Å². The molecule has 134 valence electrons. The highest BCUT2D eigenvalue weighted by Crippen LogP contribution is 2.21. The first kappa shape index (κ1) is 18.3. The summed E-state index contributed by atoms with van der Waals surface area (Å²) in [4.78, 5) is 23.9. The molecular formula is C16H26N4O4. The minimum absolute atomic E-state index is 0.293. The standard InChI is InChI=1S/C16H26N4O4/c1-11(18-15(22)24-16(2,3)4)14(21)19-12-9-17-20(10-12)13-5-7-23-8-6-13/h9-11,13H,5-8H2,1-4H3,(H,18,22)(H,19,21)/t11-/m1/s1. The third kappa shape index (κ3) is 5.52. The van der Waals surface area contributed by atoms with Crippen LogP contribution in [0.15, 0.2) is 12.4 Å². The molecule has 0 spiro atoms. The maximum atomic E-state index is 12.2. The van der Waals surface area contributed by atoms with E-state index in [2.05, 4.69) is 15.7 Å². The Morgan fingerprint density at radius 3 is 2.67 bits per heavy atom. The number of ether oxygens (including phenoxy) is 2. The number of hydrogen-bond donors (Lipinski definition) is 2. The summed E-state index contributed by atoms with van der Waals surface area (Å²) >= 11 is 0. The van der Waals surface area contributed by atoms with Gasteiger partial charge in [-0.1, -0.05) is 0 Å². The van der Waals surface area contributed by atoms with Gasteiger partial charge in [0, 0.05) is 19.4 Å². The summed E-state index contributed by atoms with van der Waals surface area (Å²) in [6, 6.07) is -0.423. The molecule has 1 aromatic rings. The van der Waals surface area contributed by atoms with E-state index in [0.717, 1.165) is 26.1 Å². The van der Waals surface area contributed by atoms with E-state index < -0.39 is 17.7 Å². The monoisotopic (exact) mass is 338 g/mol. The number of aromatic nitrogens is 2. The number of anilines is 1. The van der Waals surface area contributed by atoms with Crippen LogP contribution in [0.1, 0.15) is 46.6 Å². The summed E-state index contributed by atoms with van der Waals surface area (Å²) in [6.45, 7) is 8.35. The van der Waals surface area contributed by atoms with Crippen molar-refractivity contribution >= 4 is 17.7 Å². The van der Waals surface area contributed by atoms with Gasteiger partial charge in [-0.25, -0.2) is 4.79 Å². The van der Waals surface area contributed by atoms with Crippen molar-refractivity contribution < 1.29 is 19.1 Å². The number of amides is 2. The number of nitrogens with one attached hydrogen (secondary N) is 2. The molecule has 1 saturated heterocycles. The van der Waals surface area contributed by atoms with Crippen LogP contribution in [0.3, 0.4) is 0 Å². The van der Waals surface area contributed by atoms with Crippen molar-refractivity contribution in [3.8, 4) is 0 Å². The van der Waals surface area contributed by atoms with E-state index in [9.17, 15) is 9.59 Å². The van der Waals surface area contributed by atoms with Gasteiger partial charge in [0.05, 0.1) is 17.9 Å². The molecule has 1 aromatic heterocycles. The van der Waals surface area contributed by atoms with E-state index in [0.29, 0.717) is 11.7 Å². The molecule has 24 heavy (non-hydrogen) atoms. The normalized spacial score (nSPS) is 17.2. The van der Waals surface area contributed by atoms with E-state index in [-0.39, 0.29) is 5.91 Å². The first-order valence-corrected chi connectivity index (χ1v) is 8.17. The number of hydrogen-bond acceptors (Lipinski definition) is 5. The Morgan fingerprint density at radius 2 is 2.04 bits per heavy atom. The van der Waals surface area contributed by atoms with Crippen LogP contribution in [-0.2, 0) is 14.3 Å². The molecule has 1 aliphatic heterocycles. The Bertz CT molecular complexity index is 573. The summed E-state index contributed by atoms with van der Waals surface area (Å²) in [7, 11) is 0. The Morgan fingerprint density at radius 1 is 1.38 bits per heavy atom. The summed E-state index contributed by atoms with van der Waals surface area (Å²) in [5.74, 6) is -0.326. The molecule has 2 amide bonds. The maximum absolute atomic E-state index is 12.2. The zero-order valence-corrected chi connectivity index (χ0v) is 14.7. The molecule has 2 rings (SSSR count). The minimum atomic E-state index is -0.716. The van der Waals surface area contributed by atoms with Gasteiger partial charge in [0.1, 0.15) is 11.6 Å². The summed E-state index contributed by atoms with van der Waals surface area (Å²) in [6.07, 6.45) is 4.60. The molecule has 0 aromatic carbocycles. The van der Waals surface area contributed by atoms with Gasteiger partial charge < -0.3 is 20.1 Å². The molecule has 8 nitrogen and oxygen atoms in total. The number of carbonyl (C=O) groups excluding carboxylic acids is 2. The van der Waals surface area contributed by atoms with Crippen LogP contribution < -0.4 is 10.6 Å². The third-order valence-electron chi connectivity index (χ3n) is 3.56. The zero-order chi connectivity index (χ0) is 17.7. The van der Waals surface area contributed by atoms with Crippen LogP contribution in [0, 0.1) is 0 Å². The van der Waals surface area contributed by atoms with Gasteiger partial charge in [0.2, 0.25) is 5.91 Å². The highest BCUT2D eigenvalue weighted by Gasteiger charge is 2.22. The highest BCUT2D eigenvalue weighted by molar-refractivity contribution is 5.96. The lowest BCUT2D eigenvalue weighted by molar-refractivity contribution is -0.117. The fourth-order valence-electron chi connectivity index (χ4n) is 2.35. The van der Waals surface area contributed by atoms with Gasteiger partial charge in [-0.15, -0.1) is 0 Å². The van der Waals surface area contributed by atoms with Crippen molar-refractivity contribution in [2.45, 2.75) is 58.2 Å². The van der Waals surface area contributed by atoms with E-state index in [1.807, 2.05) is 4.68 Å². The van der Waals surface area contributed by atoms with Gasteiger partial charge in [-0.2, -0.15) is 5.10 Å². The Hall–Kier alpha value is -2.09. The maximum Gasteiger partial charge on any atom is 0.408 e. The van der Waals surface area contributed by atoms with Crippen LogP contribution in [0.5, 0.6) is 0 Å². The number of alkyl carbamates (subject to hydrolysis) is 1. The summed E-state index contributed by atoms with van der Waals surface area (Å²) in [5.41, 5.74) is -0.00479. The predicted octanol–water partition coefficient (Wildman–Crippen LogP) is 2.09. The quantitative estimate of drug-likeness (QED) is 0.876. The highest BCUT2D eigenvalue weighted by atomic mass is 16.6. The molecule has 1 atom stereocenters. The third-order valence-corrected chi connectivity index (χ3v) is 3.56. The van der Waals surface area contributed by atoms with Gasteiger partial charge in [0.15, 0.2) is 0 Å². The fourth-order valence-corrected chi connectivity index (χ4v) is 2.35. The van der Waals surface area contributed by atoms with E-state index in [4.69, 9.17) is 9.47 Å². The van der Waals surface area contributed by atoms with Gasteiger partial charge in [0.25, 0.3) is 0 Å². The second-order valence-corrected chi connectivity index (χ2v) is 6.91. The molecule has 2 N–H and O–H groups in total. The second kappa shape index (κ2) is 7.65. The van der Waals surface area contributed by atoms with Gasteiger partial charge >= 0.3 is 6.09 Å². The van der Waals surface area contributed by atoms with Gasteiger partial charge in [-0.05, 0) is 40.5 Å².